The summed E-state index contributed by atoms with van der Waals surface area (Å²) >= 11 is 0. The Hall–Kier alpha value is -0.180. The molecule has 0 bridgehead atoms. The molecular weight excluding hydrogens is 174 g/mol. The van der Waals surface area contributed by atoms with Crippen molar-refractivity contribution in [3.8, 4) is 0 Å². The van der Waals surface area contributed by atoms with Crippen molar-refractivity contribution >= 4 is 0 Å². The molecule has 0 heterocycles. The first-order valence-electron chi connectivity index (χ1n) is 4.78. The highest BCUT2D eigenvalue weighted by Gasteiger charge is 2.27. The van der Waals surface area contributed by atoms with Crippen molar-refractivity contribution in [2.45, 2.75) is 58.5 Å². The Morgan fingerprint density at radius 2 is 1.62 bits per heavy atom. The van der Waals surface area contributed by atoms with Crippen molar-refractivity contribution < 1.29 is 13.5 Å². The van der Waals surface area contributed by atoms with Crippen LogP contribution in [0.2, 0.25) is 0 Å². The van der Waals surface area contributed by atoms with Gasteiger partial charge >= 0.3 is 0 Å². The van der Waals surface area contributed by atoms with Crippen LogP contribution in [0.1, 0.15) is 47.0 Å². The normalized spacial score (nSPS) is 13.4. The number of rotatable bonds is 5. The SMILES string of the molecule is CCCC(F)(F)CCOC(C)(C)C. The minimum absolute atomic E-state index is 0.0412. The zero-order chi connectivity index (χ0) is 10.5. The van der Waals surface area contributed by atoms with Crippen LogP contribution >= 0.6 is 0 Å². The third-order valence-electron chi connectivity index (χ3n) is 1.62. The number of alkyl halides is 2. The molecule has 0 aromatic rings. The second kappa shape index (κ2) is 4.89. The van der Waals surface area contributed by atoms with Crippen molar-refractivity contribution in [1.29, 1.82) is 0 Å². The number of hydrogen-bond acceptors (Lipinski definition) is 1. The molecule has 0 saturated heterocycles. The molecule has 0 radical (unpaired) electrons. The maximum atomic E-state index is 12.9. The summed E-state index contributed by atoms with van der Waals surface area (Å²) in [5, 5.41) is 0. The molecule has 0 unspecified atom stereocenters. The average Bonchev–Trinajstić information content (AvgIpc) is 1.82. The lowest BCUT2D eigenvalue weighted by Crippen LogP contribution is -2.24. The summed E-state index contributed by atoms with van der Waals surface area (Å²) in [5.41, 5.74) is -0.317. The van der Waals surface area contributed by atoms with Crippen molar-refractivity contribution in [3.05, 3.63) is 0 Å². The molecule has 0 saturated carbocycles. The molecule has 0 spiro atoms. The number of hydrogen-bond donors (Lipinski definition) is 0. The standard InChI is InChI=1S/C10H20F2O/c1-5-6-10(11,12)7-8-13-9(2,3)4/h5-8H2,1-4H3. The third kappa shape index (κ3) is 8.16. The van der Waals surface area contributed by atoms with Gasteiger partial charge in [0, 0.05) is 12.8 Å². The molecule has 0 aromatic carbocycles. The van der Waals surface area contributed by atoms with E-state index in [0.717, 1.165) is 0 Å². The van der Waals surface area contributed by atoms with Crippen LogP contribution in [0.4, 0.5) is 8.78 Å². The molecule has 1 nitrogen and oxygen atoms in total. The lowest BCUT2D eigenvalue weighted by Gasteiger charge is -2.22. The molecule has 0 rings (SSSR count). The predicted octanol–water partition coefficient (Wildman–Crippen LogP) is 3.63. The van der Waals surface area contributed by atoms with E-state index in [9.17, 15) is 8.78 Å². The summed E-state index contributed by atoms with van der Waals surface area (Å²) in [7, 11) is 0. The minimum Gasteiger partial charge on any atom is -0.376 e. The van der Waals surface area contributed by atoms with E-state index in [4.69, 9.17) is 4.74 Å². The molecule has 0 amide bonds. The van der Waals surface area contributed by atoms with E-state index >= 15 is 0 Å². The Balaban J connectivity index is 3.63. The zero-order valence-electron chi connectivity index (χ0n) is 8.99. The topological polar surface area (TPSA) is 9.23 Å². The Morgan fingerprint density at radius 1 is 1.08 bits per heavy atom. The van der Waals surface area contributed by atoms with E-state index in [1.165, 1.54) is 0 Å². The van der Waals surface area contributed by atoms with Crippen LogP contribution in [0.5, 0.6) is 0 Å². The second-order valence-corrected chi connectivity index (χ2v) is 4.32. The van der Waals surface area contributed by atoms with Crippen LogP contribution in [0.15, 0.2) is 0 Å². The van der Waals surface area contributed by atoms with Crippen molar-refractivity contribution in [2.24, 2.45) is 0 Å². The molecule has 80 valence electrons. The van der Waals surface area contributed by atoms with Crippen molar-refractivity contribution in [1.82, 2.24) is 0 Å². The molecule has 0 aliphatic carbocycles. The zero-order valence-corrected chi connectivity index (χ0v) is 8.99. The summed E-state index contributed by atoms with van der Waals surface area (Å²) in [6.45, 7) is 7.50. The Bertz CT molecular complexity index is 138. The van der Waals surface area contributed by atoms with Gasteiger partial charge in [-0.1, -0.05) is 13.3 Å². The fourth-order valence-electron chi connectivity index (χ4n) is 0.997. The van der Waals surface area contributed by atoms with Crippen molar-refractivity contribution in [2.75, 3.05) is 6.61 Å². The smallest absolute Gasteiger partial charge is 0.250 e. The Kier molecular flexibility index (Phi) is 4.82. The van der Waals surface area contributed by atoms with E-state index in [-0.39, 0.29) is 25.0 Å². The van der Waals surface area contributed by atoms with Gasteiger partial charge in [-0.25, -0.2) is 8.78 Å². The molecule has 0 atom stereocenters. The van der Waals surface area contributed by atoms with Crippen LogP contribution in [0.3, 0.4) is 0 Å². The maximum Gasteiger partial charge on any atom is 0.250 e. The quantitative estimate of drug-likeness (QED) is 0.649. The monoisotopic (exact) mass is 194 g/mol. The van der Waals surface area contributed by atoms with E-state index in [2.05, 4.69) is 0 Å². The Morgan fingerprint density at radius 3 is 2.00 bits per heavy atom. The molecule has 3 heteroatoms. The van der Waals surface area contributed by atoms with Crippen LogP contribution < -0.4 is 0 Å². The van der Waals surface area contributed by atoms with Crippen LogP contribution in [-0.4, -0.2) is 18.1 Å². The highest BCUT2D eigenvalue weighted by Crippen LogP contribution is 2.25. The summed E-state index contributed by atoms with van der Waals surface area (Å²) in [6, 6.07) is 0. The first kappa shape index (κ1) is 12.8. The Labute approximate surface area is 79.5 Å². The van der Waals surface area contributed by atoms with Gasteiger partial charge in [0.15, 0.2) is 0 Å². The first-order valence-corrected chi connectivity index (χ1v) is 4.78. The summed E-state index contributed by atoms with van der Waals surface area (Å²) in [5.74, 6) is -2.56. The molecule has 0 aromatic heterocycles. The third-order valence-corrected chi connectivity index (χ3v) is 1.62. The van der Waals surface area contributed by atoms with Crippen molar-refractivity contribution in [3.63, 3.8) is 0 Å². The minimum atomic E-state index is -2.56. The average molecular weight is 194 g/mol. The number of ether oxygens (including phenoxy) is 1. The molecule has 0 aliphatic heterocycles. The highest BCUT2D eigenvalue weighted by molar-refractivity contribution is 4.66. The molecule has 13 heavy (non-hydrogen) atoms. The largest absolute Gasteiger partial charge is 0.376 e. The molecule has 0 N–H and O–H groups in total. The summed E-state index contributed by atoms with van der Waals surface area (Å²) in [6.07, 6.45) is 0.307. The second-order valence-electron chi connectivity index (χ2n) is 4.32. The fraction of sp³-hybridized carbons (Fsp3) is 1.00. The molecular formula is C10H20F2O. The van der Waals surface area contributed by atoms with Gasteiger partial charge in [-0.2, -0.15) is 0 Å². The van der Waals surface area contributed by atoms with E-state index in [1.807, 2.05) is 20.8 Å². The fourth-order valence-corrected chi connectivity index (χ4v) is 0.997. The summed E-state index contributed by atoms with van der Waals surface area (Å²) in [4.78, 5) is 0. The first-order chi connectivity index (χ1) is 5.77. The molecule has 0 fully saturated rings. The van der Waals surface area contributed by atoms with E-state index in [1.54, 1.807) is 6.92 Å². The lowest BCUT2D eigenvalue weighted by molar-refractivity contribution is -0.0703. The van der Waals surface area contributed by atoms with Gasteiger partial charge in [-0.3, -0.25) is 0 Å². The van der Waals surface area contributed by atoms with Gasteiger partial charge in [0.2, 0.25) is 5.92 Å². The van der Waals surface area contributed by atoms with Gasteiger partial charge in [-0.05, 0) is 20.8 Å². The van der Waals surface area contributed by atoms with E-state index < -0.39 is 5.92 Å². The van der Waals surface area contributed by atoms with Gasteiger partial charge < -0.3 is 4.74 Å². The van der Waals surface area contributed by atoms with Gasteiger partial charge in [0.05, 0.1) is 12.2 Å². The predicted molar refractivity (Wildman–Crippen MR) is 50.2 cm³/mol. The molecule has 0 aliphatic rings. The number of halogens is 2. The van der Waals surface area contributed by atoms with E-state index in [0.29, 0.717) is 6.42 Å². The van der Waals surface area contributed by atoms with Crippen LogP contribution in [0.25, 0.3) is 0 Å². The van der Waals surface area contributed by atoms with Gasteiger partial charge in [0.25, 0.3) is 0 Å². The van der Waals surface area contributed by atoms with Crippen LogP contribution in [0, 0.1) is 0 Å². The summed E-state index contributed by atoms with van der Waals surface area (Å²) < 4.78 is 31.1. The lowest BCUT2D eigenvalue weighted by atomic mass is 10.1. The van der Waals surface area contributed by atoms with Gasteiger partial charge in [0.1, 0.15) is 0 Å². The van der Waals surface area contributed by atoms with Crippen LogP contribution in [-0.2, 0) is 4.74 Å². The maximum absolute atomic E-state index is 12.9. The van der Waals surface area contributed by atoms with Gasteiger partial charge in [-0.15, -0.1) is 0 Å². The highest BCUT2D eigenvalue weighted by atomic mass is 19.3.